The number of nitrogens with zero attached hydrogens (tertiary/aromatic N) is 1. The Morgan fingerprint density at radius 3 is 1.89 bits per heavy atom. The first-order valence-corrected chi connectivity index (χ1v) is 7.55. The summed E-state index contributed by atoms with van der Waals surface area (Å²) in [6.07, 6.45) is 9.02. The predicted octanol–water partition coefficient (Wildman–Crippen LogP) is 1.79. The number of hydrogen-bond donors (Lipinski definition) is 2. The zero-order valence-electron chi connectivity index (χ0n) is 11.2. The van der Waals surface area contributed by atoms with E-state index in [9.17, 15) is 0 Å². The maximum atomic E-state index is 3.96. The van der Waals surface area contributed by atoms with Gasteiger partial charge in [0.1, 0.15) is 0 Å². The normalized spacial score (nSPS) is 47.0. The fraction of sp³-hybridized carbons (Fsp3) is 1.00. The van der Waals surface area contributed by atoms with Crippen LogP contribution >= 0.6 is 12.4 Å². The Morgan fingerprint density at radius 1 is 0.889 bits per heavy atom. The Hall–Kier alpha value is 0.170. The Morgan fingerprint density at radius 2 is 1.39 bits per heavy atom. The molecule has 5 rings (SSSR count). The van der Waals surface area contributed by atoms with E-state index in [0.717, 1.165) is 30.8 Å². The fourth-order valence-electron chi connectivity index (χ4n) is 5.36. The molecule has 1 heterocycles. The van der Waals surface area contributed by atoms with Gasteiger partial charge in [-0.25, -0.2) is 10.4 Å². The number of hydrogen-bond acceptors (Lipinski definition) is 3. The Balaban J connectivity index is 0.000001000. The van der Waals surface area contributed by atoms with Crippen molar-refractivity contribution < 1.29 is 0 Å². The summed E-state index contributed by atoms with van der Waals surface area (Å²) in [5, 5.41) is 5.94. The summed E-state index contributed by atoms with van der Waals surface area (Å²) in [5.74, 6) is 3.16. The summed E-state index contributed by atoms with van der Waals surface area (Å²) < 4.78 is 0. The van der Waals surface area contributed by atoms with Crippen molar-refractivity contribution in [3.05, 3.63) is 0 Å². The second-order valence-corrected chi connectivity index (χ2v) is 7.05. The molecule has 4 heteroatoms. The summed E-state index contributed by atoms with van der Waals surface area (Å²) in [4.78, 5) is 0. The van der Waals surface area contributed by atoms with Crippen LogP contribution in [0.2, 0.25) is 0 Å². The van der Waals surface area contributed by atoms with Gasteiger partial charge in [0.15, 0.2) is 0 Å². The first kappa shape index (κ1) is 13.2. The molecule has 0 unspecified atom stereocenters. The molecular weight excluding hydrogens is 246 g/mol. The summed E-state index contributed by atoms with van der Waals surface area (Å²) >= 11 is 0. The van der Waals surface area contributed by atoms with Crippen molar-refractivity contribution >= 4 is 12.4 Å². The van der Waals surface area contributed by atoms with Gasteiger partial charge in [0.25, 0.3) is 0 Å². The van der Waals surface area contributed by atoms with Crippen LogP contribution in [0.1, 0.15) is 38.5 Å². The van der Waals surface area contributed by atoms with Crippen molar-refractivity contribution in [2.24, 2.45) is 17.8 Å². The Kier molecular flexibility index (Phi) is 3.61. The highest BCUT2D eigenvalue weighted by atomic mass is 35.5. The first-order valence-electron chi connectivity index (χ1n) is 7.55. The van der Waals surface area contributed by atoms with E-state index in [2.05, 4.69) is 15.8 Å². The average Bonchev–Trinajstić information content (AvgIpc) is 2.27. The van der Waals surface area contributed by atoms with Crippen LogP contribution in [0, 0.1) is 17.8 Å². The average molecular weight is 272 g/mol. The third kappa shape index (κ3) is 2.31. The van der Waals surface area contributed by atoms with Crippen molar-refractivity contribution in [3.63, 3.8) is 0 Å². The number of nitrogens with one attached hydrogen (secondary N) is 2. The summed E-state index contributed by atoms with van der Waals surface area (Å²) in [7, 11) is 0. The zero-order valence-corrected chi connectivity index (χ0v) is 12.0. The monoisotopic (exact) mass is 271 g/mol. The minimum Gasteiger partial charge on any atom is -0.314 e. The van der Waals surface area contributed by atoms with Gasteiger partial charge in [-0.1, -0.05) is 0 Å². The van der Waals surface area contributed by atoms with Crippen LogP contribution in [0.25, 0.3) is 0 Å². The predicted molar refractivity (Wildman–Crippen MR) is 75.7 cm³/mol. The lowest BCUT2D eigenvalue weighted by atomic mass is 9.53. The smallest absolute Gasteiger partial charge is 0.0334 e. The van der Waals surface area contributed by atoms with Crippen molar-refractivity contribution in [1.82, 2.24) is 15.8 Å². The summed E-state index contributed by atoms with van der Waals surface area (Å²) in [6.45, 7) is 4.67. The Labute approximate surface area is 116 Å². The van der Waals surface area contributed by atoms with Gasteiger partial charge in [-0.05, 0) is 56.3 Å². The minimum atomic E-state index is 0. The molecule has 4 aliphatic carbocycles. The summed E-state index contributed by atoms with van der Waals surface area (Å²) in [5.41, 5.74) is 4.46. The highest BCUT2D eigenvalue weighted by molar-refractivity contribution is 5.85. The maximum Gasteiger partial charge on any atom is 0.0334 e. The van der Waals surface area contributed by atoms with E-state index < -0.39 is 0 Å². The minimum absolute atomic E-state index is 0. The summed E-state index contributed by atoms with van der Waals surface area (Å²) in [6, 6.07) is 0. The van der Waals surface area contributed by atoms with E-state index >= 15 is 0 Å². The van der Waals surface area contributed by atoms with Crippen LogP contribution in [0.3, 0.4) is 0 Å². The first-order chi connectivity index (χ1) is 8.31. The van der Waals surface area contributed by atoms with Gasteiger partial charge in [-0.2, -0.15) is 0 Å². The molecule has 0 atom stereocenters. The molecule has 1 saturated heterocycles. The molecule has 3 nitrogen and oxygen atoms in total. The van der Waals surface area contributed by atoms with Crippen LogP contribution in [0.5, 0.6) is 0 Å². The van der Waals surface area contributed by atoms with Crippen LogP contribution in [-0.2, 0) is 0 Å². The van der Waals surface area contributed by atoms with E-state index in [1.54, 1.807) is 19.3 Å². The molecule has 0 aromatic rings. The number of hydrazine groups is 1. The van der Waals surface area contributed by atoms with Crippen LogP contribution in [0.4, 0.5) is 0 Å². The molecular formula is C14H26ClN3. The molecule has 5 fully saturated rings. The van der Waals surface area contributed by atoms with E-state index in [0.29, 0.717) is 5.54 Å². The molecule has 0 spiro atoms. The van der Waals surface area contributed by atoms with Crippen LogP contribution in [-0.4, -0.2) is 36.7 Å². The molecule has 4 bridgehead atoms. The zero-order chi connectivity index (χ0) is 11.3. The van der Waals surface area contributed by atoms with Gasteiger partial charge < -0.3 is 5.32 Å². The lowest BCUT2D eigenvalue weighted by Gasteiger charge is -2.58. The molecule has 5 aliphatic rings. The molecule has 0 aromatic heterocycles. The van der Waals surface area contributed by atoms with Gasteiger partial charge in [-0.15, -0.1) is 12.4 Å². The highest BCUT2D eigenvalue weighted by Gasteiger charge is 2.51. The van der Waals surface area contributed by atoms with Gasteiger partial charge >= 0.3 is 0 Å². The highest BCUT2D eigenvalue weighted by Crippen LogP contribution is 2.55. The number of piperazine rings is 1. The molecule has 0 aromatic carbocycles. The molecule has 1 aliphatic heterocycles. The van der Waals surface area contributed by atoms with Crippen molar-refractivity contribution in [1.29, 1.82) is 0 Å². The number of halogens is 1. The van der Waals surface area contributed by atoms with Gasteiger partial charge in [0.05, 0.1) is 0 Å². The van der Waals surface area contributed by atoms with Crippen LogP contribution < -0.4 is 10.7 Å². The van der Waals surface area contributed by atoms with Crippen LogP contribution in [0.15, 0.2) is 0 Å². The molecule has 0 radical (unpaired) electrons. The van der Waals surface area contributed by atoms with E-state index in [-0.39, 0.29) is 12.4 Å². The topological polar surface area (TPSA) is 27.3 Å². The SMILES string of the molecule is C1CN(NC23CC4CC(CC(C4)C2)C3)CCN1.Cl. The maximum absolute atomic E-state index is 3.96. The quantitative estimate of drug-likeness (QED) is 0.802. The third-order valence-corrected chi connectivity index (χ3v) is 5.55. The number of rotatable bonds is 2. The molecule has 104 valence electrons. The Bertz CT molecular complexity index is 266. The van der Waals surface area contributed by atoms with E-state index in [1.807, 2.05) is 0 Å². The van der Waals surface area contributed by atoms with Crippen molar-refractivity contribution in [3.8, 4) is 0 Å². The molecule has 18 heavy (non-hydrogen) atoms. The molecule has 0 amide bonds. The lowest BCUT2D eigenvalue weighted by molar-refractivity contribution is -0.0609. The standard InChI is InChI=1S/C14H25N3.ClH/c1-3-17(4-2-15-1)16-14-8-11-5-12(9-14)7-13(6-11)10-14;/h11-13,15-16H,1-10H2;1H. The fourth-order valence-corrected chi connectivity index (χ4v) is 5.36. The van der Waals surface area contributed by atoms with E-state index in [4.69, 9.17) is 0 Å². The van der Waals surface area contributed by atoms with Gasteiger partial charge in [0.2, 0.25) is 0 Å². The van der Waals surface area contributed by atoms with Crippen molar-refractivity contribution in [2.75, 3.05) is 26.2 Å². The molecule has 2 N–H and O–H groups in total. The van der Waals surface area contributed by atoms with Gasteiger partial charge in [-0.3, -0.25) is 0 Å². The second-order valence-electron chi connectivity index (χ2n) is 7.05. The van der Waals surface area contributed by atoms with Gasteiger partial charge in [0, 0.05) is 31.7 Å². The molecule has 4 saturated carbocycles. The van der Waals surface area contributed by atoms with Crippen molar-refractivity contribution in [2.45, 2.75) is 44.1 Å². The largest absolute Gasteiger partial charge is 0.314 e. The lowest BCUT2D eigenvalue weighted by Crippen LogP contribution is -2.65. The van der Waals surface area contributed by atoms with E-state index in [1.165, 1.54) is 32.4 Å². The second kappa shape index (κ2) is 4.93. The third-order valence-electron chi connectivity index (χ3n) is 5.55.